The fourth-order valence-electron chi connectivity index (χ4n) is 1.77. The van der Waals surface area contributed by atoms with Gasteiger partial charge in [-0.05, 0) is 32.0 Å². The lowest BCUT2D eigenvalue weighted by molar-refractivity contribution is 0.619. The first-order valence-corrected chi connectivity index (χ1v) is 4.84. The van der Waals surface area contributed by atoms with Gasteiger partial charge in [0.25, 0.3) is 0 Å². The summed E-state index contributed by atoms with van der Waals surface area (Å²) in [6.45, 7) is 4.01. The molecule has 2 aromatic rings. The number of fused-ring (bicyclic) bond motifs is 1. The van der Waals surface area contributed by atoms with E-state index in [9.17, 15) is 4.39 Å². The van der Waals surface area contributed by atoms with Crippen LogP contribution in [0.3, 0.4) is 0 Å². The number of aromatic nitrogens is 1. The zero-order valence-corrected chi connectivity index (χ0v) is 8.66. The summed E-state index contributed by atoms with van der Waals surface area (Å²) in [6.07, 6.45) is 1.82. The van der Waals surface area contributed by atoms with Crippen molar-refractivity contribution in [2.75, 3.05) is 0 Å². The average molecular weight is 202 g/mol. The molecule has 2 nitrogen and oxygen atoms in total. The molecule has 1 aromatic heterocycles. The summed E-state index contributed by atoms with van der Waals surface area (Å²) < 4.78 is 15.4. The van der Waals surface area contributed by atoms with E-state index in [1.807, 2.05) is 24.6 Å². The third-order valence-electron chi connectivity index (χ3n) is 2.50. The topological polar surface area (TPSA) is 28.7 Å². The van der Waals surface area contributed by atoms with Gasteiger partial charge in [0, 0.05) is 17.6 Å². The largest absolute Gasteiger partial charge is 0.344 e. The highest BCUT2D eigenvalue weighted by Crippen LogP contribution is 2.25. The Hall–Kier alpha value is -1.82. The minimum absolute atomic E-state index is 0.219. The molecule has 0 radical (unpaired) electrons. The summed E-state index contributed by atoms with van der Waals surface area (Å²) in [5.41, 5.74) is 1.21. The molecule has 0 saturated heterocycles. The highest BCUT2D eigenvalue weighted by Gasteiger charge is 2.11. The average Bonchev–Trinajstić information content (AvgIpc) is 2.64. The third kappa shape index (κ3) is 1.39. The van der Waals surface area contributed by atoms with E-state index in [0.717, 1.165) is 0 Å². The minimum Gasteiger partial charge on any atom is -0.344 e. The van der Waals surface area contributed by atoms with E-state index in [2.05, 4.69) is 6.07 Å². The number of hydrogen-bond acceptors (Lipinski definition) is 1. The van der Waals surface area contributed by atoms with Crippen molar-refractivity contribution >= 4 is 10.9 Å². The van der Waals surface area contributed by atoms with Crippen molar-refractivity contribution in [3.8, 4) is 6.07 Å². The van der Waals surface area contributed by atoms with Crippen LogP contribution in [0.25, 0.3) is 10.9 Å². The Morgan fingerprint density at radius 1 is 1.33 bits per heavy atom. The first-order chi connectivity index (χ1) is 7.15. The van der Waals surface area contributed by atoms with Crippen LogP contribution in [0.15, 0.2) is 24.4 Å². The summed E-state index contributed by atoms with van der Waals surface area (Å²) in [6, 6.07) is 6.89. The quantitative estimate of drug-likeness (QED) is 0.697. The van der Waals surface area contributed by atoms with Gasteiger partial charge < -0.3 is 4.57 Å². The molecule has 0 saturated carbocycles. The Bertz CT molecular complexity index is 546. The Morgan fingerprint density at radius 3 is 2.67 bits per heavy atom. The van der Waals surface area contributed by atoms with E-state index in [1.165, 1.54) is 12.1 Å². The van der Waals surface area contributed by atoms with Crippen molar-refractivity contribution in [3.05, 3.63) is 35.8 Å². The predicted molar refractivity (Wildman–Crippen MR) is 57.0 cm³/mol. The second-order valence-electron chi connectivity index (χ2n) is 3.79. The summed E-state index contributed by atoms with van der Waals surface area (Å²) in [4.78, 5) is 0. The number of benzene rings is 1. The molecule has 1 aromatic carbocycles. The Kier molecular flexibility index (Phi) is 2.20. The zero-order chi connectivity index (χ0) is 11.0. The summed E-state index contributed by atoms with van der Waals surface area (Å²) in [5, 5.41) is 9.48. The fourth-order valence-corrected chi connectivity index (χ4v) is 1.77. The molecule has 3 heteroatoms. The third-order valence-corrected chi connectivity index (χ3v) is 2.50. The lowest BCUT2D eigenvalue weighted by Crippen LogP contribution is -1.99. The van der Waals surface area contributed by atoms with Crippen LogP contribution in [0.4, 0.5) is 4.39 Å². The van der Waals surface area contributed by atoms with E-state index in [0.29, 0.717) is 16.5 Å². The van der Waals surface area contributed by atoms with Gasteiger partial charge in [-0.1, -0.05) is 0 Å². The smallest absolute Gasteiger partial charge is 0.132 e. The molecule has 0 aliphatic rings. The van der Waals surface area contributed by atoms with Crippen LogP contribution in [0.5, 0.6) is 0 Å². The van der Waals surface area contributed by atoms with Crippen molar-refractivity contribution in [2.45, 2.75) is 19.9 Å². The lowest BCUT2D eigenvalue weighted by atomic mass is 10.1. The van der Waals surface area contributed by atoms with E-state index in [1.54, 1.807) is 6.07 Å². The normalized spacial score (nSPS) is 10.9. The van der Waals surface area contributed by atoms with Crippen molar-refractivity contribution in [1.29, 1.82) is 5.26 Å². The molecule has 0 N–H and O–H groups in total. The second-order valence-corrected chi connectivity index (χ2v) is 3.79. The van der Waals surface area contributed by atoms with E-state index < -0.39 is 0 Å². The molecule has 2 rings (SSSR count). The van der Waals surface area contributed by atoms with Gasteiger partial charge in [-0.25, -0.2) is 4.39 Å². The van der Waals surface area contributed by atoms with Gasteiger partial charge in [0.1, 0.15) is 11.9 Å². The number of rotatable bonds is 1. The monoisotopic (exact) mass is 202 g/mol. The molecular weight excluding hydrogens is 191 g/mol. The SMILES string of the molecule is CC(C)n1ccc2c(F)ccc(C#N)c21. The van der Waals surface area contributed by atoms with Crippen molar-refractivity contribution in [1.82, 2.24) is 4.57 Å². The molecule has 0 atom stereocenters. The molecule has 0 unspecified atom stereocenters. The van der Waals surface area contributed by atoms with Crippen molar-refractivity contribution in [2.24, 2.45) is 0 Å². The highest BCUT2D eigenvalue weighted by molar-refractivity contribution is 5.86. The van der Waals surface area contributed by atoms with Gasteiger partial charge in [-0.2, -0.15) is 5.26 Å². The van der Waals surface area contributed by atoms with E-state index in [4.69, 9.17) is 5.26 Å². The summed E-state index contributed by atoms with van der Waals surface area (Å²) in [7, 11) is 0. The standard InChI is InChI=1S/C12H11FN2/c1-8(2)15-6-5-10-11(13)4-3-9(7-14)12(10)15/h3-6,8H,1-2H3. The van der Waals surface area contributed by atoms with Crippen molar-refractivity contribution < 1.29 is 4.39 Å². The van der Waals surface area contributed by atoms with Crippen LogP contribution < -0.4 is 0 Å². The van der Waals surface area contributed by atoms with Gasteiger partial charge >= 0.3 is 0 Å². The molecule has 0 aliphatic carbocycles. The summed E-state index contributed by atoms with van der Waals surface area (Å²) in [5.74, 6) is -0.275. The molecule has 76 valence electrons. The molecular formula is C12H11FN2. The number of nitrogens with zero attached hydrogens (tertiary/aromatic N) is 2. The van der Waals surface area contributed by atoms with Crippen molar-refractivity contribution in [3.63, 3.8) is 0 Å². The summed E-state index contributed by atoms with van der Waals surface area (Å²) >= 11 is 0. The second kappa shape index (κ2) is 3.39. The van der Waals surface area contributed by atoms with Crippen LogP contribution in [-0.4, -0.2) is 4.57 Å². The van der Waals surface area contributed by atoms with Crippen LogP contribution in [0.2, 0.25) is 0 Å². The highest BCUT2D eigenvalue weighted by atomic mass is 19.1. The molecule has 0 amide bonds. The van der Waals surface area contributed by atoms with Gasteiger partial charge in [0.2, 0.25) is 0 Å². The predicted octanol–water partition coefficient (Wildman–Crippen LogP) is 3.23. The molecule has 1 heterocycles. The molecule has 15 heavy (non-hydrogen) atoms. The van der Waals surface area contributed by atoms with Crippen LogP contribution in [-0.2, 0) is 0 Å². The number of hydrogen-bond donors (Lipinski definition) is 0. The van der Waals surface area contributed by atoms with Crippen LogP contribution in [0, 0.1) is 17.1 Å². The van der Waals surface area contributed by atoms with E-state index in [-0.39, 0.29) is 11.9 Å². The number of halogens is 1. The Morgan fingerprint density at radius 2 is 2.07 bits per heavy atom. The fraction of sp³-hybridized carbons (Fsp3) is 0.250. The molecule has 0 bridgehead atoms. The molecule has 0 fully saturated rings. The molecule has 0 spiro atoms. The van der Waals surface area contributed by atoms with Gasteiger partial charge in [0.05, 0.1) is 11.1 Å². The number of nitriles is 1. The maximum Gasteiger partial charge on any atom is 0.132 e. The first kappa shape index (κ1) is 9.72. The Labute approximate surface area is 87.6 Å². The minimum atomic E-state index is -0.275. The van der Waals surface area contributed by atoms with E-state index >= 15 is 0 Å². The van der Waals surface area contributed by atoms with Crippen LogP contribution >= 0.6 is 0 Å². The van der Waals surface area contributed by atoms with Gasteiger partial charge in [0.15, 0.2) is 0 Å². The maximum absolute atomic E-state index is 13.5. The maximum atomic E-state index is 13.5. The van der Waals surface area contributed by atoms with Gasteiger partial charge in [-0.15, -0.1) is 0 Å². The van der Waals surface area contributed by atoms with Gasteiger partial charge in [-0.3, -0.25) is 0 Å². The molecule has 0 aliphatic heterocycles. The lowest BCUT2D eigenvalue weighted by Gasteiger charge is -2.10. The Balaban J connectivity index is 2.88. The van der Waals surface area contributed by atoms with Crippen LogP contribution in [0.1, 0.15) is 25.5 Å². The first-order valence-electron chi connectivity index (χ1n) is 4.84. The zero-order valence-electron chi connectivity index (χ0n) is 8.66.